The molecule has 0 saturated heterocycles. The zero-order valence-corrected chi connectivity index (χ0v) is 12.0. The minimum atomic E-state index is -0.374. The van der Waals surface area contributed by atoms with E-state index in [1.54, 1.807) is 43.5 Å². The summed E-state index contributed by atoms with van der Waals surface area (Å²) in [5.41, 5.74) is 1.35. The number of benzene rings is 2. The molecule has 0 saturated carbocycles. The van der Waals surface area contributed by atoms with Gasteiger partial charge in [-0.1, -0.05) is 24.3 Å². The highest BCUT2D eigenvalue weighted by atomic mass is 16.5. The third kappa shape index (κ3) is 4.18. The van der Waals surface area contributed by atoms with Gasteiger partial charge in [0.1, 0.15) is 11.5 Å². The molecule has 0 spiro atoms. The number of esters is 1. The number of ether oxygens (including phenoxy) is 2. The molecule has 2 rings (SSSR count). The van der Waals surface area contributed by atoms with Crippen LogP contribution in [0.1, 0.15) is 22.8 Å². The van der Waals surface area contributed by atoms with E-state index in [0.717, 1.165) is 11.3 Å². The maximum Gasteiger partial charge on any atom is 0.315 e. The van der Waals surface area contributed by atoms with Crippen molar-refractivity contribution in [2.45, 2.75) is 13.3 Å². The number of ketones is 1. The summed E-state index contributed by atoms with van der Waals surface area (Å²) in [5, 5.41) is 0. The second-order valence-electron chi connectivity index (χ2n) is 4.58. The van der Waals surface area contributed by atoms with Crippen molar-refractivity contribution >= 4 is 11.8 Å². The number of carbonyl (C=O) groups is 2. The van der Waals surface area contributed by atoms with Gasteiger partial charge in [0.2, 0.25) is 0 Å². The molecule has 0 aliphatic rings. The van der Waals surface area contributed by atoms with E-state index in [4.69, 9.17) is 9.47 Å². The summed E-state index contributed by atoms with van der Waals surface area (Å²) in [6.07, 6.45) is 0.161. The molecule has 21 heavy (non-hydrogen) atoms. The summed E-state index contributed by atoms with van der Waals surface area (Å²) < 4.78 is 10.3. The van der Waals surface area contributed by atoms with Crippen LogP contribution in [0.25, 0.3) is 0 Å². The zero-order chi connectivity index (χ0) is 15.2. The molecule has 0 fully saturated rings. The van der Waals surface area contributed by atoms with Gasteiger partial charge in [-0.3, -0.25) is 9.59 Å². The first-order valence-electron chi connectivity index (χ1n) is 6.53. The molecule has 4 heteroatoms. The number of rotatable bonds is 5. The van der Waals surface area contributed by atoms with E-state index in [9.17, 15) is 9.59 Å². The summed E-state index contributed by atoms with van der Waals surface area (Å²) in [6, 6.07) is 13.8. The van der Waals surface area contributed by atoms with Crippen LogP contribution in [-0.2, 0) is 11.2 Å². The molecule has 2 aromatic rings. The van der Waals surface area contributed by atoms with Crippen molar-refractivity contribution in [1.82, 2.24) is 0 Å². The standard InChI is InChI=1S/C17H16O4/c1-12(18)14-4-3-5-16(11-14)21-17(19)10-13-6-8-15(20-2)9-7-13/h3-9,11H,10H2,1-2H3. The van der Waals surface area contributed by atoms with Crippen LogP contribution in [0.4, 0.5) is 0 Å². The molecule has 4 nitrogen and oxygen atoms in total. The van der Waals surface area contributed by atoms with Crippen LogP contribution >= 0.6 is 0 Å². The van der Waals surface area contributed by atoms with E-state index in [2.05, 4.69) is 0 Å². The Bertz CT molecular complexity index is 644. The molecule has 0 aromatic heterocycles. The highest BCUT2D eigenvalue weighted by molar-refractivity contribution is 5.94. The van der Waals surface area contributed by atoms with Gasteiger partial charge < -0.3 is 9.47 Å². The Kier molecular flexibility index (Phi) is 4.72. The van der Waals surface area contributed by atoms with Gasteiger partial charge in [0.15, 0.2) is 5.78 Å². The molecule has 0 N–H and O–H groups in total. The van der Waals surface area contributed by atoms with E-state index < -0.39 is 0 Å². The van der Waals surface area contributed by atoms with Gasteiger partial charge >= 0.3 is 5.97 Å². The molecule has 0 heterocycles. The van der Waals surface area contributed by atoms with E-state index in [-0.39, 0.29) is 18.2 Å². The minimum Gasteiger partial charge on any atom is -0.497 e. The molecule has 2 aromatic carbocycles. The Labute approximate surface area is 123 Å². The maximum absolute atomic E-state index is 11.9. The second kappa shape index (κ2) is 6.70. The highest BCUT2D eigenvalue weighted by Gasteiger charge is 2.08. The Morgan fingerprint density at radius 2 is 1.71 bits per heavy atom. The second-order valence-corrected chi connectivity index (χ2v) is 4.58. The van der Waals surface area contributed by atoms with Crippen LogP contribution in [0.3, 0.4) is 0 Å². The van der Waals surface area contributed by atoms with E-state index in [1.165, 1.54) is 6.92 Å². The van der Waals surface area contributed by atoms with E-state index >= 15 is 0 Å². The summed E-state index contributed by atoms with van der Waals surface area (Å²) in [4.78, 5) is 23.2. The number of methoxy groups -OCH3 is 1. The molecule has 0 bridgehead atoms. The molecular weight excluding hydrogens is 268 g/mol. The average Bonchev–Trinajstić information content (AvgIpc) is 2.48. The van der Waals surface area contributed by atoms with Gasteiger partial charge in [0, 0.05) is 5.56 Å². The van der Waals surface area contributed by atoms with Crippen molar-refractivity contribution in [3.8, 4) is 11.5 Å². The van der Waals surface area contributed by atoms with Gasteiger partial charge in [0.25, 0.3) is 0 Å². The van der Waals surface area contributed by atoms with Crippen molar-refractivity contribution in [2.75, 3.05) is 7.11 Å². The summed E-state index contributed by atoms with van der Waals surface area (Å²) >= 11 is 0. The fraction of sp³-hybridized carbons (Fsp3) is 0.176. The predicted molar refractivity (Wildman–Crippen MR) is 78.8 cm³/mol. The predicted octanol–water partition coefficient (Wildman–Crippen LogP) is 3.05. The van der Waals surface area contributed by atoms with E-state index in [0.29, 0.717) is 11.3 Å². The Morgan fingerprint density at radius 1 is 1.00 bits per heavy atom. The molecule has 0 unspecified atom stereocenters. The van der Waals surface area contributed by atoms with Crippen molar-refractivity contribution in [3.05, 3.63) is 59.7 Å². The highest BCUT2D eigenvalue weighted by Crippen LogP contribution is 2.16. The quantitative estimate of drug-likeness (QED) is 0.481. The van der Waals surface area contributed by atoms with Crippen molar-refractivity contribution in [3.63, 3.8) is 0 Å². The van der Waals surface area contributed by atoms with Crippen LogP contribution in [0.15, 0.2) is 48.5 Å². The van der Waals surface area contributed by atoms with Gasteiger partial charge in [-0.15, -0.1) is 0 Å². The molecule has 108 valence electrons. The van der Waals surface area contributed by atoms with Crippen LogP contribution in [-0.4, -0.2) is 18.9 Å². The Morgan fingerprint density at radius 3 is 2.33 bits per heavy atom. The molecule has 0 aliphatic heterocycles. The summed E-state index contributed by atoms with van der Waals surface area (Å²) in [7, 11) is 1.59. The summed E-state index contributed by atoms with van der Waals surface area (Å²) in [6.45, 7) is 1.47. The number of Topliss-reactive ketones (excluding diaryl/α,β-unsaturated/α-hetero) is 1. The lowest BCUT2D eigenvalue weighted by molar-refractivity contribution is -0.133. The number of hydrogen-bond donors (Lipinski definition) is 0. The fourth-order valence-corrected chi connectivity index (χ4v) is 1.86. The largest absolute Gasteiger partial charge is 0.497 e. The number of hydrogen-bond acceptors (Lipinski definition) is 4. The smallest absolute Gasteiger partial charge is 0.315 e. The molecule has 0 aliphatic carbocycles. The van der Waals surface area contributed by atoms with Crippen LogP contribution in [0.2, 0.25) is 0 Å². The van der Waals surface area contributed by atoms with Gasteiger partial charge in [-0.25, -0.2) is 0 Å². The molecule has 0 atom stereocenters. The maximum atomic E-state index is 11.9. The van der Waals surface area contributed by atoms with Crippen LogP contribution in [0.5, 0.6) is 11.5 Å². The Hall–Kier alpha value is -2.62. The SMILES string of the molecule is COc1ccc(CC(=O)Oc2cccc(C(C)=O)c2)cc1. The third-order valence-electron chi connectivity index (χ3n) is 2.98. The van der Waals surface area contributed by atoms with Crippen molar-refractivity contribution < 1.29 is 19.1 Å². The van der Waals surface area contributed by atoms with Gasteiger partial charge in [0.05, 0.1) is 13.5 Å². The van der Waals surface area contributed by atoms with Crippen LogP contribution in [0, 0.1) is 0 Å². The van der Waals surface area contributed by atoms with Crippen molar-refractivity contribution in [2.24, 2.45) is 0 Å². The average molecular weight is 284 g/mol. The first-order valence-corrected chi connectivity index (χ1v) is 6.53. The lowest BCUT2D eigenvalue weighted by atomic mass is 10.1. The minimum absolute atomic E-state index is 0.0666. The van der Waals surface area contributed by atoms with Crippen LogP contribution < -0.4 is 9.47 Å². The molecule has 0 amide bonds. The number of carbonyl (C=O) groups excluding carboxylic acids is 2. The first-order chi connectivity index (χ1) is 10.1. The molecule has 0 radical (unpaired) electrons. The van der Waals surface area contributed by atoms with E-state index in [1.807, 2.05) is 12.1 Å². The normalized spacial score (nSPS) is 10.0. The zero-order valence-electron chi connectivity index (χ0n) is 12.0. The monoisotopic (exact) mass is 284 g/mol. The Balaban J connectivity index is 2.00. The lowest BCUT2D eigenvalue weighted by Gasteiger charge is -2.06. The fourth-order valence-electron chi connectivity index (χ4n) is 1.86. The summed E-state index contributed by atoms with van der Waals surface area (Å²) in [5.74, 6) is 0.673. The van der Waals surface area contributed by atoms with Gasteiger partial charge in [-0.2, -0.15) is 0 Å². The topological polar surface area (TPSA) is 52.6 Å². The van der Waals surface area contributed by atoms with Gasteiger partial charge in [-0.05, 0) is 36.8 Å². The lowest BCUT2D eigenvalue weighted by Crippen LogP contribution is -2.11. The van der Waals surface area contributed by atoms with Crippen molar-refractivity contribution in [1.29, 1.82) is 0 Å². The first kappa shape index (κ1) is 14.8. The molecular formula is C17H16O4. The third-order valence-corrected chi connectivity index (χ3v) is 2.98.